The molecule has 20 heavy (non-hydrogen) atoms. The summed E-state index contributed by atoms with van der Waals surface area (Å²) in [5, 5.41) is 8.60. The van der Waals surface area contributed by atoms with Gasteiger partial charge in [-0.2, -0.15) is 0 Å². The minimum atomic E-state index is -1.13. The Morgan fingerprint density at radius 1 is 1.30 bits per heavy atom. The van der Waals surface area contributed by atoms with E-state index in [9.17, 15) is 14.0 Å². The van der Waals surface area contributed by atoms with Crippen LogP contribution in [0.5, 0.6) is 0 Å². The van der Waals surface area contributed by atoms with E-state index in [1.54, 1.807) is 23.6 Å². The highest BCUT2D eigenvalue weighted by molar-refractivity contribution is 5.85. The van der Waals surface area contributed by atoms with Gasteiger partial charge in [0.2, 0.25) is 0 Å². The van der Waals surface area contributed by atoms with Crippen LogP contribution in [0.1, 0.15) is 11.3 Å². The van der Waals surface area contributed by atoms with E-state index in [1.165, 1.54) is 30.5 Å². The maximum atomic E-state index is 12.9. The third kappa shape index (κ3) is 3.00. The number of carboxylic acids is 1. The molecule has 0 saturated carbocycles. The van der Waals surface area contributed by atoms with E-state index < -0.39 is 5.97 Å². The van der Waals surface area contributed by atoms with Gasteiger partial charge in [-0.15, -0.1) is 0 Å². The number of carbonyl (C=O) groups is 1. The second-order valence-corrected chi connectivity index (χ2v) is 4.25. The molecule has 0 aliphatic carbocycles. The molecule has 0 unspecified atom stereocenters. The second-order valence-electron chi connectivity index (χ2n) is 4.25. The average Bonchev–Trinajstić information content (AvgIpc) is 2.39. The highest BCUT2D eigenvalue weighted by Crippen LogP contribution is 2.12. The van der Waals surface area contributed by atoms with Gasteiger partial charge >= 0.3 is 5.97 Å². The Kier molecular flexibility index (Phi) is 3.79. The van der Waals surface area contributed by atoms with Crippen LogP contribution in [-0.4, -0.2) is 15.6 Å². The number of aromatic nitrogens is 1. The van der Waals surface area contributed by atoms with E-state index in [1.807, 2.05) is 0 Å². The number of aryl methyl sites for hydroxylation is 1. The smallest absolute Gasteiger partial charge is 0.328 e. The average molecular weight is 273 g/mol. The molecular formula is C15H12FNO3. The van der Waals surface area contributed by atoms with Crippen LogP contribution in [0.4, 0.5) is 4.39 Å². The van der Waals surface area contributed by atoms with Crippen LogP contribution in [0.25, 0.3) is 11.8 Å². The molecule has 1 aromatic carbocycles. The van der Waals surface area contributed by atoms with Crippen LogP contribution in [0.3, 0.4) is 0 Å². The molecule has 1 aromatic heterocycles. The SMILES string of the molecule is Cc1cc(=O)c(/C=C/C(=O)O)cn1-c1ccc(F)cc1. The number of benzene rings is 1. The van der Waals surface area contributed by atoms with Gasteiger partial charge in [-0.05, 0) is 37.3 Å². The molecule has 0 atom stereocenters. The topological polar surface area (TPSA) is 59.3 Å². The van der Waals surface area contributed by atoms with Gasteiger partial charge in [0.25, 0.3) is 0 Å². The molecule has 0 radical (unpaired) electrons. The molecule has 0 amide bonds. The second kappa shape index (κ2) is 5.52. The molecule has 4 nitrogen and oxygen atoms in total. The summed E-state index contributed by atoms with van der Waals surface area (Å²) in [6, 6.07) is 7.21. The fourth-order valence-electron chi connectivity index (χ4n) is 1.81. The molecule has 2 aromatic rings. The first kappa shape index (κ1) is 13.7. The molecule has 0 bridgehead atoms. The van der Waals surface area contributed by atoms with Gasteiger partial charge in [0, 0.05) is 35.3 Å². The molecule has 0 saturated heterocycles. The maximum Gasteiger partial charge on any atom is 0.328 e. The lowest BCUT2D eigenvalue weighted by atomic mass is 10.2. The third-order valence-electron chi connectivity index (χ3n) is 2.78. The van der Waals surface area contributed by atoms with Crippen LogP contribution in [0.2, 0.25) is 0 Å². The summed E-state index contributed by atoms with van der Waals surface area (Å²) in [6.45, 7) is 1.75. The summed E-state index contributed by atoms with van der Waals surface area (Å²) in [5.74, 6) is -1.48. The number of hydrogen-bond acceptors (Lipinski definition) is 2. The minimum absolute atomic E-state index is 0.252. The van der Waals surface area contributed by atoms with Crippen molar-refractivity contribution in [2.75, 3.05) is 0 Å². The van der Waals surface area contributed by atoms with E-state index in [4.69, 9.17) is 5.11 Å². The fraction of sp³-hybridized carbons (Fsp3) is 0.0667. The molecular weight excluding hydrogens is 261 g/mol. The van der Waals surface area contributed by atoms with E-state index in [0.717, 1.165) is 6.08 Å². The van der Waals surface area contributed by atoms with Crippen LogP contribution >= 0.6 is 0 Å². The lowest BCUT2D eigenvalue weighted by Crippen LogP contribution is -2.11. The van der Waals surface area contributed by atoms with Gasteiger partial charge < -0.3 is 9.67 Å². The Labute approximate surface area is 114 Å². The Bertz CT molecular complexity index is 730. The summed E-state index contributed by atoms with van der Waals surface area (Å²) in [4.78, 5) is 22.3. The number of aliphatic carboxylic acids is 1. The molecule has 0 aliphatic rings. The standard InChI is InChI=1S/C15H12FNO3/c1-10-8-14(18)11(2-7-15(19)20)9-17(10)13-5-3-12(16)4-6-13/h2-9H,1H3,(H,19,20)/b7-2+. The van der Waals surface area contributed by atoms with Gasteiger partial charge in [-0.3, -0.25) is 4.79 Å². The number of nitrogens with zero attached hydrogens (tertiary/aromatic N) is 1. The molecule has 0 fully saturated rings. The van der Waals surface area contributed by atoms with Crippen molar-refractivity contribution in [3.63, 3.8) is 0 Å². The zero-order chi connectivity index (χ0) is 14.7. The molecule has 0 spiro atoms. The molecule has 2 rings (SSSR count). The Hall–Kier alpha value is -2.69. The van der Waals surface area contributed by atoms with Crippen LogP contribution in [-0.2, 0) is 4.79 Å². The van der Waals surface area contributed by atoms with Crippen molar-refractivity contribution < 1.29 is 14.3 Å². The van der Waals surface area contributed by atoms with E-state index in [0.29, 0.717) is 11.4 Å². The van der Waals surface area contributed by atoms with Crippen molar-refractivity contribution in [2.24, 2.45) is 0 Å². The van der Waals surface area contributed by atoms with Gasteiger partial charge in [-0.1, -0.05) is 0 Å². The Balaban J connectivity index is 2.54. The summed E-state index contributed by atoms with van der Waals surface area (Å²) < 4.78 is 14.6. The van der Waals surface area contributed by atoms with E-state index in [2.05, 4.69) is 0 Å². The number of carboxylic acid groups (broad SMARTS) is 1. The summed E-state index contributed by atoms with van der Waals surface area (Å²) in [5.41, 5.74) is 1.35. The van der Waals surface area contributed by atoms with Crippen molar-refractivity contribution >= 4 is 12.0 Å². The summed E-state index contributed by atoms with van der Waals surface area (Å²) in [6.07, 6.45) is 3.68. The number of hydrogen-bond donors (Lipinski definition) is 1. The first-order valence-corrected chi connectivity index (χ1v) is 5.87. The molecule has 0 aliphatic heterocycles. The van der Waals surface area contributed by atoms with Gasteiger partial charge in [0.15, 0.2) is 5.43 Å². The maximum absolute atomic E-state index is 12.9. The number of pyridine rings is 1. The quantitative estimate of drug-likeness (QED) is 0.873. The zero-order valence-electron chi connectivity index (χ0n) is 10.7. The normalized spacial score (nSPS) is 10.9. The van der Waals surface area contributed by atoms with Crippen molar-refractivity contribution in [1.82, 2.24) is 4.57 Å². The van der Waals surface area contributed by atoms with Crippen molar-refractivity contribution in [1.29, 1.82) is 0 Å². The lowest BCUT2D eigenvalue weighted by Gasteiger charge is -2.11. The summed E-state index contributed by atoms with van der Waals surface area (Å²) in [7, 11) is 0. The molecule has 5 heteroatoms. The Morgan fingerprint density at radius 3 is 2.55 bits per heavy atom. The first-order valence-electron chi connectivity index (χ1n) is 5.87. The zero-order valence-corrected chi connectivity index (χ0v) is 10.7. The Morgan fingerprint density at radius 2 is 1.95 bits per heavy atom. The molecule has 1 heterocycles. The first-order chi connectivity index (χ1) is 9.47. The van der Waals surface area contributed by atoms with Crippen molar-refractivity contribution in [3.8, 4) is 5.69 Å². The third-order valence-corrected chi connectivity index (χ3v) is 2.78. The number of halogens is 1. The molecule has 102 valence electrons. The van der Waals surface area contributed by atoms with Gasteiger partial charge in [0.1, 0.15) is 5.82 Å². The van der Waals surface area contributed by atoms with Crippen LogP contribution in [0, 0.1) is 12.7 Å². The van der Waals surface area contributed by atoms with Gasteiger partial charge in [0.05, 0.1) is 0 Å². The lowest BCUT2D eigenvalue weighted by molar-refractivity contribution is -0.131. The highest BCUT2D eigenvalue weighted by Gasteiger charge is 2.04. The van der Waals surface area contributed by atoms with Crippen LogP contribution in [0.15, 0.2) is 47.4 Å². The number of rotatable bonds is 3. The van der Waals surface area contributed by atoms with E-state index >= 15 is 0 Å². The monoisotopic (exact) mass is 273 g/mol. The minimum Gasteiger partial charge on any atom is -0.478 e. The molecule has 1 N–H and O–H groups in total. The summed E-state index contributed by atoms with van der Waals surface area (Å²) >= 11 is 0. The predicted octanol–water partition coefficient (Wildman–Crippen LogP) is 2.38. The van der Waals surface area contributed by atoms with Crippen LogP contribution < -0.4 is 5.43 Å². The van der Waals surface area contributed by atoms with Gasteiger partial charge in [-0.25, -0.2) is 9.18 Å². The fourth-order valence-corrected chi connectivity index (χ4v) is 1.81. The highest BCUT2D eigenvalue weighted by atomic mass is 19.1. The van der Waals surface area contributed by atoms with E-state index in [-0.39, 0.29) is 16.8 Å². The van der Waals surface area contributed by atoms with Crippen molar-refractivity contribution in [2.45, 2.75) is 6.92 Å². The largest absolute Gasteiger partial charge is 0.478 e. The van der Waals surface area contributed by atoms with Crippen molar-refractivity contribution in [3.05, 3.63) is 69.9 Å². The predicted molar refractivity (Wildman–Crippen MR) is 73.4 cm³/mol.